The number of halogens is 1. The van der Waals surface area contributed by atoms with E-state index in [2.05, 4.69) is 10.4 Å². The van der Waals surface area contributed by atoms with Crippen LogP contribution in [0.5, 0.6) is 0 Å². The van der Waals surface area contributed by atoms with E-state index in [1.54, 1.807) is 10.9 Å². The summed E-state index contributed by atoms with van der Waals surface area (Å²) >= 11 is 6.25. The standard InChI is InChI=1S/C16H19ClN4O/c1-20-10-12(9-19-20)8-18-16(22)21-7-6-13(11-21)14-4-2-3-5-15(14)17/h2-5,9-10,13H,6-8,11H2,1H3,(H,18,22). The molecule has 2 amide bonds. The summed E-state index contributed by atoms with van der Waals surface area (Å²) in [6, 6.07) is 7.84. The Balaban J connectivity index is 1.56. The first-order valence-electron chi connectivity index (χ1n) is 7.38. The van der Waals surface area contributed by atoms with Gasteiger partial charge in [-0.2, -0.15) is 5.10 Å². The summed E-state index contributed by atoms with van der Waals surface area (Å²) in [6.45, 7) is 1.97. The summed E-state index contributed by atoms with van der Waals surface area (Å²) in [7, 11) is 1.86. The van der Waals surface area contributed by atoms with E-state index in [1.807, 2.05) is 42.4 Å². The highest BCUT2D eigenvalue weighted by atomic mass is 35.5. The average Bonchev–Trinajstić information content (AvgIpc) is 3.14. The number of nitrogens with zero attached hydrogens (tertiary/aromatic N) is 3. The molecule has 1 fully saturated rings. The fourth-order valence-corrected chi connectivity index (χ4v) is 3.15. The number of amides is 2. The summed E-state index contributed by atoms with van der Waals surface area (Å²) in [6.07, 6.45) is 4.61. The predicted octanol–water partition coefficient (Wildman–Crippen LogP) is 2.77. The Labute approximate surface area is 134 Å². The zero-order valence-corrected chi connectivity index (χ0v) is 13.3. The van der Waals surface area contributed by atoms with Crippen LogP contribution in [0, 0.1) is 0 Å². The predicted molar refractivity (Wildman–Crippen MR) is 85.8 cm³/mol. The molecule has 1 saturated heterocycles. The first kappa shape index (κ1) is 14.9. The normalized spacial score (nSPS) is 17.7. The maximum atomic E-state index is 12.2. The highest BCUT2D eigenvalue weighted by molar-refractivity contribution is 6.31. The number of carbonyl (C=O) groups excluding carboxylic acids is 1. The number of hydrogen-bond acceptors (Lipinski definition) is 2. The van der Waals surface area contributed by atoms with Crippen LogP contribution >= 0.6 is 11.6 Å². The SMILES string of the molecule is Cn1cc(CNC(=O)N2CCC(c3ccccc3Cl)C2)cn1. The van der Waals surface area contributed by atoms with Crippen molar-refractivity contribution < 1.29 is 4.79 Å². The Morgan fingerprint density at radius 3 is 3.00 bits per heavy atom. The molecule has 0 aliphatic carbocycles. The van der Waals surface area contributed by atoms with Crippen LogP contribution < -0.4 is 5.32 Å². The Kier molecular flexibility index (Phi) is 4.34. The molecule has 22 heavy (non-hydrogen) atoms. The molecule has 6 heteroatoms. The number of hydrogen-bond donors (Lipinski definition) is 1. The lowest BCUT2D eigenvalue weighted by Crippen LogP contribution is -2.37. The lowest BCUT2D eigenvalue weighted by Gasteiger charge is -2.17. The molecule has 1 aromatic heterocycles. The van der Waals surface area contributed by atoms with Crippen LogP contribution in [0.1, 0.15) is 23.5 Å². The molecule has 1 unspecified atom stereocenters. The van der Waals surface area contributed by atoms with Crippen molar-refractivity contribution in [3.05, 3.63) is 52.8 Å². The van der Waals surface area contributed by atoms with E-state index in [4.69, 9.17) is 11.6 Å². The van der Waals surface area contributed by atoms with Crippen molar-refractivity contribution in [2.75, 3.05) is 13.1 Å². The second-order valence-electron chi connectivity index (χ2n) is 5.63. The molecular weight excluding hydrogens is 300 g/mol. The minimum atomic E-state index is -0.0293. The van der Waals surface area contributed by atoms with E-state index in [9.17, 15) is 4.79 Å². The van der Waals surface area contributed by atoms with Crippen LogP contribution in [0.15, 0.2) is 36.7 Å². The number of likely N-dealkylation sites (tertiary alicyclic amines) is 1. The van der Waals surface area contributed by atoms with Gasteiger partial charge in [-0.25, -0.2) is 4.79 Å². The van der Waals surface area contributed by atoms with Gasteiger partial charge in [0.2, 0.25) is 0 Å². The van der Waals surface area contributed by atoms with Crippen molar-refractivity contribution in [1.82, 2.24) is 20.0 Å². The number of aromatic nitrogens is 2. The van der Waals surface area contributed by atoms with Gasteiger partial charge in [0.1, 0.15) is 0 Å². The van der Waals surface area contributed by atoms with Crippen LogP contribution in [-0.2, 0) is 13.6 Å². The minimum Gasteiger partial charge on any atom is -0.334 e. The highest BCUT2D eigenvalue weighted by Gasteiger charge is 2.28. The molecular formula is C16H19ClN4O. The zero-order valence-electron chi connectivity index (χ0n) is 12.5. The Hall–Kier alpha value is -2.01. The fraction of sp³-hybridized carbons (Fsp3) is 0.375. The monoisotopic (exact) mass is 318 g/mol. The van der Waals surface area contributed by atoms with E-state index in [1.165, 1.54) is 0 Å². The van der Waals surface area contributed by atoms with Crippen molar-refractivity contribution in [1.29, 1.82) is 0 Å². The van der Waals surface area contributed by atoms with Gasteiger partial charge in [-0.05, 0) is 18.1 Å². The third kappa shape index (κ3) is 3.25. The second-order valence-corrected chi connectivity index (χ2v) is 6.04. The Bertz CT molecular complexity index is 670. The molecule has 116 valence electrons. The molecule has 0 saturated carbocycles. The molecule has 0 spiro atoms. The van der Waals surface area contributed by atoms with Crippen molar-refractivity contribution in [3.8, 4) is 0 Å². The van der Waals surface area contributed by atoms with Gasteiger partial charge >= 0.3 is 6.03 Å². The van der Waals surface area contributed by atoms with Crippen molar-refractivity contribution in [2.45, 2.75) is 18.9 Å². The molecule has 1 aliphatic heterocycles. The largest absolute Gasteiger partial charge is 0.334 e. The first-order valence-corrected chi connectivity index (χ1v) is 7.76. The maximum absolute atomic E-state index is 12.2. The average molecular weight is 319 g/mol. The lowest BCUT2D eigenvalue weighted by atomic mass is 9.98. The van der Waals surface area contributed by atoms with Crippen LogP contribution in [0.25, 0.3) is 0 Å². The number of benzene rings is 1. The van der Waals surface area contributed by atoms with Gasteiger partial charge in [-0.15, -0.1) is 0 Å². The molecule has 0 bridgehead atoms. The molecule has 1 aromatic carbocycles. The molecule has 2 heterocycles. The van der Waals surface area contributed by atoms with Crippen molar-refractivity contribution in [2.24, 2.45) is 7.05 Å². The van der Waals surface area contributed by atoms with E-state index in [0.29, 0.717) is 19.0 Å². The number of rotatable bonds is 3. The van der Waals surface area contributed by atoms with Gasteiger partial charge < -0.3 is 10.2 Å². The minimum absolute atomic E-state index is 0.0293. The highest BCUT2D eigenvalue weighted by Crippen LogP contribution is 2.31. The zero-order chi connectivity index (χ0) is 15.5. The van der Waals surface area contributed by atoms with Crippen LogP contribution in [0.4, 0.5) is 4.79 Å². The summed E-state index contributed by atoms with van der Waals surface area (Å²) < 4.78 is 1.73. The number of aryl methyl sites for hydroxylation is 1. The molecule has 5 nitrogen and oxygen atoms in total. The molecule has 1 atom stereocenters. The quantitative estimate of drug-likeness (QED) is 0.946. The summed E-state index contributed by atoms with van der Waals surface area (Å²) in [4.78, 5) is 14.1. The Morgan fingerprint density at radius 1 is 1.45 bits per heavy atom. The van der Waals surface area contributed by atoms with Gasteiger partial charge in [-0.3, -0.25) is 4.68 Å². The Morgan fingerprint density at radius 2 is 2.27 bits per heavy atom. The van der Waals surface area contributed by atoms with Crippen molar-refractivity contribution in [3.63, 3.8) is 0 Å². The van der Waals surface area contributed by atoms with Crippen LogP contribution in [0.2, 0.25) is 5.02 Å². The number of nitrogens with one attached hydrogen (secondary N) is 1. The van der Waals surface area contributed by atoms with E-state index in [-0.39, 0.29) is 6.03 Å². The lowest BCUT2D eigenvalue weighted by molar-refractivity contribution is 0.208. The summed E-state index contributed by atoms with van der Waals surface area (Å²) in [5.41, 5.74) is 2.13. The topological polar surface area (TPSA) is 50.2 Å². The molecule has 0 radical (unpaired) electrons. The molecule has 2 aromatic rings. The number of carbonyl (C=O) groups is 1. The van der Waals surface area contributed by atoms with Gasteiger partial charge in [-0.1, -0.05) is 29.8 Å². The summed E-state index contributed by atoms with van der Waals surface area (Å²) in [5.74, 6) is 0.317. The summed E-state index contributed by atoms with van der Waals surface area (Å²) in [5, 5.41) is 7.81. The maximum Gasteiger partial charge on any atom is 0.317 e. The van der Waals surface area contributed by atoms with Gasteiger partial charge in [0.05, 0.1) is 6.20 Å². The fourth-order valence-electron chi connectivity index (χ4n) is 2.86. The first-order chi connectivity index (χ1) is 10.6. The van der Waals surface area contributed by atoms with Crippen LogP contribution in [-0.4, -0.2) is 33.8 Å². The van der Waals surface area contributed by atoms with E-state index in [0.717, 1.165) is 29.1 Å². The molecule has 3 rings (SSSR count). The second kappa shape index (κ2) is 6.40. The van der Waals surface area contributed by atoms with Gasteiger partial charge in [0, 0.05) is 49.4 Å². The van der Waals surface area contributed by atoms with E-state index < -0.39 is 0 Å². The van der Waals surface area contributed by atoms with Crippen molar-refractivity contribution >= 4 is 17.6 Å². The number of urea groups is 1. The molecule has 1 N–H and O–H groups in total. The van der Waals surface area contributed by atoms with E-state index >= 15 is 0 Å². The third-order valence-electron chi connectivity index (χ3n) is 4.02. The van der Waals surface area contributed by atoms with Gasteiger partial charge in [0.15, 0.2) is 0 Å². The van der Waals surface area contributed by atoms with Gasteiger partial charge in [0.25, 0.3) is 0 Å². The van der Waals surface area contributed by atoms with Crippen LogP contribution in [0.3, 0.4) is 0 Å². The molecule has 1 aliphatic rings. The third-order valence-corrected chi connectivity index (χ3v) is 4.37. The smallest absolute Gasteiger partial charge is 0.317 e.